The fraction of sp³-hybridized carbons (Fsp3) is 0.105. The van der Waals surface area contributed by atoms with Crippen LogP contribution in [-0.4, -0.2) is 43.0 Å². The van der Waals surface area contributed by atoms with E-state index in [0.29, 0.717) is 0 Å². The van der Waals surface area contributed by atoms with Gasteiger partial charge in [-0.1, -0.05) is 6.07 Å². The van der Waals surface area contributed by atoms with E-state index < -0.39 is 23.8 Å². The van der Waals surface area contributed by atoms with E-state index in [0.717, 1.165) is 22.7 Å². The third kappa shape index (κ3) is 4.53. The smallest absolute Gasteiger partial charge is 0.350 e. The first-order chi connectivity index (χ1) is 14.4. The average Bonchev–Trinajstić information content (AvgIpc) is 3.42. The van der Waals surface area contributed by atoms with Crippen molar-refractivity contribution in [3.63, 3.8) is 0 Å². The van der Waals surface area contributed by atoms with Crippen molar-refractivity contribution in [2.24, 2.45) is 0 Å². The first-order valence-corrected chi connectivity index (χ1v) is 10.1. The number of hydrogen-bond donors (Lipinski definition) is 2. The molecule has 9 nitrogen and oxygen atoms in total. The number of aromatic nitrogens is 1. The molecule has 0 atom stereocenters. The summed E-state index contributed by atoms with van der Waals surface area (Å²) in [5.74, 6) is -2.34. The second-order valence-electron chi connectivity index (χ2n) is 5.63. The minimum atomic E-state index is -0.598. The summed E-state index contributed by atoms with van der Waals surface area (Å²) in [4.78, 5) is 53.1. The maximum absolute atomic E-state index is 12.5. The number of anilines is 2. The molecule has 0 saturated heterocycles. The lowest BCUT2D eigenvalue weighted by atomic mass is 10.2. The lowest BCUT2D eigenvalue weighted by Crippen LogP contribution is -2.19. The minimum absolute atomic E-state index is 0.0248. The van der Waals surface area contributed by atoms with Crippen molar-refractivity contribution in [1.82, 2.24) is 4.98 Å². The number of methoxy groups -OCH3 is 2. The van der Waals surface area contributed by atoms with Crippen LogP contribution in [0.25, 0.3) is 0 Å². The van der Waals surface area contributed by atoms with Gasteiger partial charge in [-0.3, -0.25) is 9.59 Å². The van der Waals surface area contributed by atoms with E-state index in [1.165, 1.54) is 32.4 Å². The van der Waals surface area contributed by atoms with Gasteiger partial charge in [-0.15, -0.1) is 22.7 Å². The van der Waals surface area contributed by atoms with E-state index in [1.807, 2.05) is 0 Å². The van der Waals surface area contributed by atoms with Gasteiger partial charge in [-0.2, -0.15) is 0 Å². The number of thiophene rings is 2. The number of amides is 2. The molecule has 2 N–H and O–H groups in total. The Hall–Kier alpha value is -3.57. The normalized spacial score (nSPS) is 10.2. The first kappa shape index (κ1) is 21.1. The maximum Gasteiger partial charge on any atom is 0.350 e. The highest BCUT2D eigenvalue weighted by molar-refractivity contribution is 7.13. The number of pyridine rings is 1. The Balaban J connectivity index is 1.76. The highest BCUT2D eigenvalue weighted by Gasteiger charge is 2.20. The second kappa shape index (κ2) is 9.29. The summed E-state index contributed by atoms with van der Waals surface area (Å²) in [7, 11) is 2.49. The predicted molar refractivity (Wildman–Crippen MR) is 111 cm³/mol. The van der Waals surface area contributed by atoms with Gasteiger partial charge < -0.3 is 20.1 Å². The highest BCUT2D eigenvalue weighted by Crippen LogP contribution is 2.25. The standard InChI is InChI=1S/C19H15N3O6S2/c1-27-18(25)14-10(6-8-29-14)21-16(23)12-4-3-5-13(20-12)17(24)22-11-7-9-30-15(11)19(26)28-2/h3-9H,1-2H3,(H,21,23)(H,22,24). The molecule has 2 amide bonds. The summed E-state index contributed by atoms with van der Waals surface area (Å²) in [6, 6.07) is 7.49. The third-order valence-corrected chi connectivity index (χ3v) is 5.57. The van der Waals surface area contributed by atoms with E-state index in [9.17, 15) is 19.2 Å². The number of rotatable bonds is 6. The Labute approximate surface area is 178 Å². The van der Waals surface area contributed by atoms with E-state index in [4.69, 9.17) is 0 Å². The predicted octanol–water partition coefficient (Wildman–Crippen LogP) is 3.28. The fourth-order valence-electron chi connectivity index (χ4n) is 2.38. The van der Waals surface area contributed by atoms with Crippen LogP contribution in [0.3, 0.4) is 0 Å². The minimum Gasteiger partial charge on any atom is -0.465 e. The molecule has 3 heterocycles. The summed E-state index contributed by atoms with van der Waals surface area (Å²) < 4.78 is 9.35. The molecule has 0 aliphatic rings. The Bertz CT molecular complexity index is 1040. The molecule has 154 valence electrons. The van der Waals surface area contributed by atoms with Crippen molar-refractivity contribution < 1.29 is 28.7 Å². The summed E-state index contributed by atoms with van der Waals surface area (Å²) in [5.41, 5.74) is 0.523. The molecule has 30 heavy (non-hydrogen) atoms. The van der Waals surface area contributed by atoms with Gasteiger partial charge in [0.05, 0.1) is 25.6 Å². The fourth-order valence-corrected chi connectivity index (χ4v) is 3.91. The molecule has 0 aliphatic carbocycles. The van der Waals surface area contributed by atoms with Crippen LogP contribution in [0.5, 0.6) is 0 Å². The van der Waals surface area contributed by atoms with Gasteiger partial charge in [0.25, 0.3) is 11.8 Å². The monoisotopic (exact) mass is 445 g/mol. The zero-order chi connectivity index (χ0) is 21.7. The molecule has 0 unspecified atom stereocenters. The van der Waals surface area contributed by atoms with Gasteiger partial charge in [0, 0.05) is 0 Å². The van der Waals surface area contributed by atoms with Gasteiger partial charge >= 0.3 is 11.9 Å². The van der Waals surface area contributed by atoms with E-state index in [2.05, 4.69) is 25.1 Å². The van der Waals surface area contributed by atoms with Crippen molar-refractivity contribution in [1.29, 1.82) is 0 Å². The molecule has 11 heteroatoms. The van der Waals surface area contributed by atoms with E-state index in [1.54, 1.807) is 22.9 Å². The van der Waals surface area contributed by atoms with E-state index in [-0.39, 0.29) is 32.5 Å². The number of nitrogens with zero attached hydrogens (tertiary/aromatic N) is 1. The number of carbonyl (C=O) groups is 4. The van der Waals surface area contributed by atoms with Crippen LogP contribution < -0.4 is 10.6 Å². The van der Waals surface area contributed by atoms with Gasteiger partial charge in [0.1, 0.15) is 21.1 Å². The quantitative estimate of drug-likeness (QED) is 0.558. The molecular formula is C19H15N3O6S2. The molecule has 0 radical (unpaired) electrons. The van der Waals surface area contributed by atoms with E-state index >= 15 is 0 Å². The number of nitrogens with one attached hydrogen (secondary N) is 2. The van der Waals surface area contributed by atoms with Crippen molar-refractivity contribution in [2.75, 3.05) is 24.9 Å². The van der Waals surface area contributed by atoms with Crippen LogP contribution in [0.1, 0.15) is 40.3 Å². The number of esters is 2. The van der Waals surface area contributed by atoms with Crippen LogP contribution in [0, 0.1) is 0 Å². The molecule has 0 spiro atoms. The summed E-state index contributed by atoms with van der Waals surface area (Å²) >= 11 is 2.25. The SMILES string of the molecule is COC(=O)c1sccc1NC(=O)c1cccc(C(=O)Nc2ccsc2C(=O)OC)n1. The van der Waals surface area contributed by atoms with Crippen LogP contribution in [0.4, 0.5) is 11.4 Å². The molecule has 0 aliphatic heterocycles. The molecule has 0 fully saturated rings. The van der Waals surface area contributed by atoms with Crippen molar-refractivity contribution in [2.45, 2.75) is 0 Å². The highest BCUT2D eigenvalue weighted by atomic mass is 32.1. The second-order valence-corrected chi connectivity index (χ2v) is 7.46. The van der Waals surface area contributed by atoms with Crippen LogP contribution in [-0.2, 0) is 9.47 Å². The van der Waals surface area contributed by atoms with Crippen LogP contribution >= 0.6 is 22.7 Å². The van der Waals surface area contributed by atoms with Gasteiger partial charge in [-0.05, 0) is 35.0 Å². The van der Waals surface area contributed by atoms with Crippen molar-refractivity contribution in [3.05, 3.63) is 62.2 Å². The molecule has 0 bridgehead atoms. The topological polar surface area (TPSA) is 124 Å². The van der Waals surface area contributed by atoms with Crippen molar-refractivity contribution >= 4 is 57.8 Å². The Kier molecular flexibility index (Phi) is 6.54. The summed E-state index contributed by atoms with van der Waals surface area (Å²) in [5, 5.41) is 8.44. The Morgan fingerprint density at radius 3 is 1.60 bits per heavy atom. The van der Waals surface area contributed by atoms with Crippen LogP contribution in [0.15, 0.2) is 41.1 Å². The number of ether oxygens (including phenoxy) is 2. The van der Waals surface area contributed by atoms with Crippen molar-refractivity contribution in [3.8, 4) is 0 Å². The molecule has 0 aromatic carbocycles. The summed E-state index contributed by atoms with van der Waals surface area (Å²) in [6.07, 6.45) is 0. The number of hydrogen-bond acceptors (Lipinski definition) is 9. The third-order valence-electron chi connectivity index (χ3n) is 3.78. The molecule has 3 aromatic rings. The molecular weight excluding hydrogens is 430 g/mol. The van der Waals surface area contributed by atoms with Gasteiger partial charge in [0.2, 0.25) is 0 Å². The zero-order valence-electron chi connectivity index (χ0n) is 15.8. The average molecular weight is 445 g/mol. The molecule has 3 aromatic heterocycles. The zero-order valence-corrected chi connectivity index (χ0v) is 17.4. The largest absolute Gasteiger partial charge is 0.465 e. The van der Waals surface area contributed by atoms with Crippen LogP contribution in [0.2, 0.25) is 0 Å². The Morgan fingerprint density at radius 1 is 0.767 bits per heavy atom. The summed E-state index contributed by atoms with van der Waals surface area (Å²) in [6.45, 7) is 0. The lowest BCUT2D eigenvalue weighted by molar-refractivity contribution is 0.0598. The Morgan fingerprint density at radius 2 is 1.20 bits per heavy atom. The van der Waals surface area contributed by atoms with Gasteiger partial charge in [-0.25, -0.2) is 14.6 Å². The first-order valence-electron chi connectivity index (χ1n) is 8.36. The van der Waals surface area contributed by atoms with Gasteiger partial charge in [0.15, 0.2) is 0 Å². The molecule has 0 saturated carbocycles. The maximum atomic E-state index is 12.5. The number of carbonyl (C=O) groups excluding carboxylic acids is 4. The molecule has 3 rings (SSSR count). The lowest BCUT2D eigenvalue weighted by Gasteiger charge is -2.08.